The van der Waals surface area contributed by atoms with Crippen molar-refractivity contribution in [3.63, 3.8) is 0 Å². The van der Waals surface area contributed by atoms with Crippen LogP contribution in [0.5, 0.6) is 0 Å². The first-order valence-electron chi connectivity index (χ1n) is 7.52. The van der Waals surface area contributed by atoms with Gasteiger partial charge in [-0.3, -0.25) is 4.79 Å². The molecule has 1 amide bonds. The zero-order chi connectivity index (χ0) is 16.1. The molecule has 1 fully saturated rings. The number of nitrogens with zero attached hydrogens (tertiary/aromatic N) is 1. The minimum absolute atomic E-state index is 0. The van der Waals surface area contributed by atoms with Crippen LogP contribution < -0.4 is 5.73 Å². The number of halogens is 1. The second kappa shape index (κ2) is 9.03. The molecule has 22 heavy (non-hydrogen) atoms. The molecule has 0 radical (unpaired) electrons. The van der Waals surface area contributed by atoms with Crippen molar-refractivity contribution < 1.29 is 19.0 Å². The highest BCUT2D eigenvalue weighted by atomic mass is 35.5. The maximum atomic E-state index is 12.9. The predicted octanol–water partition coefficient (Wildman–Crippen LogP) is 1.06. The number of amides is 1. The molecule has 0 heterocycles. The van der Waals surface area contributed by atoms with Gasteiger partial charge in [-0.1, -0.05) is 13.8 Å². The Morgan fingerprint density at radius 1 is 1.23 bits per heavy atom. The Morgan fingerprint density at radius 2 is 1.73 bits per heavy atom. The molecule has 7 heteroatoms. The van der Waals surface area contributed by atoms with Crippen molar-refractivity contribution in [2.75, 3.05) is 47.1 Å². The largest absolute Gasteiger partial charge is 0.383 e. The van der Waals surface area contributed by atoms with Gasteiger partial charge in [0.1, 0.15) is 5.54 Å². The molecule has 0 aliphatic heterocycles. The van der Waals surface area contributed by atoms with E-state index in [0.717, 1.165) is 0 Å². The predicted molar refractivity (Wildman–Crippen MR) is 88.3 cm³/mol. The number of methoxy groups -OCH3 is 2. The minimum atomic E-state index is -0.881. The number of nitrogens with two attached hydrogens (primary N) is 1. The lowest BCUT2D eigenvalue weighted by atomic mass is 9.54. The van der Waals surface area contributed by atoms with Gasteiger partial charge in [-0.15, -0.1) is 12.4 Å². The first-order valence-corrected chi connectivity index (χ1v) is 7.52. The quantitative estimate of drug-likeness (QED) is 0.680. The summed E-state index contributed by atoms with van der Waals surface area (Å²) in [4.78, 5) is 14.6. The maximum absolute atomic E-state index is 12.9. The smallest absolute Gasteiger partial charge is 0.243 e. The zero-order valence-electron chi connectivity index (χ0n) is 14.4. The van der Waals surface area contributed by atoms with Crippen LogP contribution in [0.4, 0.5) is 0 Å². The zero-order valence-corrected chi connectivity index (χ0v) is 15.2. The summed E-state index contributed by atoms with van der Waals surface area (Å²) in [5.74, 6) is -0.0439. The molecule has 2 N–H and O–H groups in total. The Balaban J connectivity index is 0.00000441. The van der Waals surface area contributed by atoms with E-state index in [1.807, 2.05) is 20.8 Å². The summed E-state index contributed by atoms with van der Waals surface area (Å²) < 4.78 is 15.8. The molecular weight excluding hydrogens is 308 g/mol. The molecule has 0 spiro atoms. The van der Waals surface area contributed by atoms with Crippen molar-refractivity contribution in [3.05, 3.63) is 0 Å². The van der Waals surface area contributed by atoms with Gasteiger partial charge < -0.3 is 24.8 Å². The van der Waals surface area contributed by atoms with E-state index in [-0.39, 0.29) is 29.8 Å². The summed E-state index contributed by atoms with van der Waals surface area (Å²) in [5.41, 5.74) is 5.18. The van der Waals surface area contributed by atoms with Crippen molar-refractivity contribution in [2.45, 2.75) is 38.8 Å². The second-order valence-corrected chi connectivity index (χ2v) is 6.12. The van der Waals surface area contributed by atoms with Crippen LogP contribution in [0.3, 0.4) is 0 Å². The molecule has 0 bridgehead atoms. The Bertz CT molecular complexity index is 346. The number of hydrogen-bond donors (Lipinski definition) is 1. The fourth-order valence-electron chi connectivity index (χ4n) is 2.80. The van der Waals surface area contributed by atoms with E-state index >= 15 is 0 Å². The topological polar surface area (TPSA) is 74.0 Å². The number of ether oxygens (including phenoxy) is 3. The van der Waals surface area contributed by atoms with Gasteiger partial charge in [0, 0.05) is 45.8 Å². The molecular formula is C15H31ClN2O4. The molecule has 6 nitrogen and oxygen atoms in total. The molecule has 1 aliphatic carbocycles. The average Bonchev–Trinajstić information content (AvgIpc) is 2.46. The maximum Gasteiger partial charge on any atom is 0.243 e. The fourth-order valence-corrected chi connectivity index (χ4v) is 2.80. The van der Waals surface area contributed by atoms with Crippen LogP contribution in [0.2, 0.25) is 0 Å². The van der Waals surface area contributed by atoms with Gasteiger partial charge in [-0.25, -0.2) is 0 Å². The van der Waals surface area contributed by atoms with E-state index in [2.05, 4.69) is 0 Å². The monoisotopic (exact) mass is 338 g/mol. The third-order valence-corrected chi connectivity index (χ3v) is 4.63. The van der Waals surface area contributed by atoms with E-state index in [1.54, 1.807) is 19.1 Å². The van der Waals surface area contributed by atoms with Crippen molar-refractivity contribution in [2.24, 2.45) is 11.1 Å². The highest BCUT2D eigenvalue weighted by Crippen LogP contribution is 2.50. The summed E-state index contributed by atoms with van der Waals surface area (Å²) in [7, 11) is 3.24. The van der Waals surface area contributed by atoms with Gasteiger partial charge in [-0.05, 0) is 6.92 Å². The van der Waals surface area contributed by atoms with Crippen molar-refractivity contribution in [1.29, 1.82) is 0 Å². The van der Waals surface area contributed by atoms with Crippen molar-refractivity contribution in [1.82, 2.24) is 4.90 Å². The molecule has 2 atom stereocenters. The standard InChI is InChI=1S/C15H30N2O4.ClH/c1-6-21-12-11-15(16,14(12,2)3)13(18)17(7-9-19-4)8-10-20-5;/h12H,6-11,16H2,1-5H3;1H. The van der Waals surface area contributed by atoms with Crippen LogP contribution >= 0.6 is 12.4 Å². The van der Waals surface area contributed by atoms with E-state index in [1.165, 1.54) is 0 Å². The normalized spacial score (nSPS) is 26.0. The third kappa shape index (κ3) is 4.11. The van der Waals surface area contributed by atoms with Crippen LogP contribution in [0.25, 0.3) is 0 Å². The van der Waals surface area contributed by atoms with Gasteiger partial charge in [0.15, 0.2) is 0 Å². The molecule has 1 saturated carbocycles. The molecule has 0 saturated heterocycles. The van der Waals surface area contributed by atoms with Crippen molar-refractivity contribution >= 4 is 18.3 Å². The van der Waals surface area contributed by atoms with Crippen molar-refractivity contribution in [3.8, 4) is 0 Å². The molecule has 0 aromatic carbocycles. The summed E-state index contributed by atoms with van der Waals surface area (Å²) in [6.45, 7) is 8.61. The number of hydrogen-bond acceptors (Lipinski definition) is 5. The second-order valence-electron chi connectivity index (χ2n) is 6.12. The van der Waals surface area contributed by atoms with Crippen LogP contribution in [0, 0.1) is 5.41 Å². The van der Waals surface area contributed by atoms with E-state index in [4.69, 9.17) is 19.9 Å². The summed E-state index contributed by atoms with van der Waals surface area (Å²) in [6, 6.07) is 0. The highest BCUT2D eigenvalue weighted by Gasteiger charge is 2.63. The molecule has 2 unspecified atom stereocenters. The van der Waals surface area contributed by atoms with Gasteiger partial charge in [-0.2, -0.15) is 0 Å². The number of rotatable bonds is 9. The Labute approximate surface area is 140 Å². The average molecular weight is 339 g/mol. The molecule has 132 valence electrons. The first-order chi connectivity index (χ1) is 9.85. The van der Waals surface area contributed by atoms with Crippen LogP contribution in [0.1, 0.15) is 27.2 Å². The number of carbonyl (C=O) groups excluding carboxylic acids is 1. The SMILES string of the molecule is CCOC1CC(N)(C(=O)N(CCOC)CCOC)C1(C)C.Cl. The Kier molecular flexibility index (Phi) is 8.87. The highest BCUT2D eigenvalue weighted by molar-refractivity contribution is 5.89. The van der Waals surface area contributed by atoms with Gasteiger partial charge >= 0.3 is 0 Å². The Hall–Kier alpha value is -0.400. The van der Waals surface area contributed by atoms with Crippen LogP contribution in [0.15, 0.2) is 0 Å². The molecule has 1 aliphatic rings. The molecule has 0 aromatic heterocycles. The summed E-state index contributed by atoms with van der Waals surface area (Å²) in [5, 5.41) is 0. The summed E-state index contributed by atoms with van der Waals surface area (Å²) in [6.07, 6.45) is 0.589. The van der Waals surface area contributed by atoms with Gasteiger partial charge in [0.05, 0.1) is 19.3 Å². The first kappa shape index (κ1) is 21.6. The van der Waals surface area contributed by atoms with Crippen LogP contribution in [-0.2, 0) is 19.0 Å². The summed E-state index contributed by atoms with van der Waals surface area (Å²) >= 11 is 0. The fraction of sp³-hybridized carbons (Fsp3) is 0.933. The van der Waals surface area contributed by atoms with E-state index in [0.29, 0.717) is 39.3 Å². The van der Waals surface area contributed by atoms with E-state index in [9.17, 15) is 4.79 Å². The van der Waals surface area contributed by atoms with Gasteiger partial charge in [0.2, 0.25) is 5.91 Å². The molecule has 0 aromatic rings. The van der Waals surface area contributed by atoms with E-state index < -0.39 is 5.54 Å². The molecule has 1 rings (SSSR count). The van der Waals surface area contributed by atoms with Crippen LogP contribution in [-0.4, -0.2) is 69.6 Å². The lowest BCUT2D eigenvalue weighted by Gasteiger charge is -2.58. The number of carbonyl (C=O) groups is 1. The third-order valence-electron chi connectivity index (χ3n) is 4.63. The lowest BCUT2D eigenvalue weighted by molar-refractivity contribution is -0.180. The lowest BCUT2D eigenvalue weighted by Crippen LogP contribution is -2.76. The Morgan fingerprint density at radius 3 is 2.09 bits per heavy atom. The van der Waals surface area contributed by atoms with Gasteiger partial charge in [0.25, 0.3) is 0 Å². The minimum Gasteiger partial charge on any atom is -0.383 e.